The number of ether oxygens (including phenoxy) is 4. The van der Waals surface area contributed by atoms with Gasteiger partial charge < -0.3 is 29.6 Å². The van der Waals surface area contributed by atoms with Gasteiger partial charge in [0.15, 0.2) is 23.0 Å². The van der Waals surface area contributed by atoms with Crippen molar-refractivity contribution in [1.29, 1.82) is 0 Å². The predicted octanol–water partition coefficient (Wildman–Crippen LogP) is 1.88. The molecule has 12 nitrogen and oxygen atoms in total. The van der Waals surface area contributed by atoms with Crippen LogP contribution >= 0.6 is 0 Å². The maximum absolute atomic E-state index is 12.1. The lowest BCUT2D eigenvalue weighted by Gasteiger charge is -2.11. The minimum atomic E-state index is -0.614. The van der Waals surface area contributed by atoms with E-state index in [0.29, 0.717) is 11.1 Å². The van der Waals surface area contributed by atoms with Gasteiger partial charge in [0, 0.05) is 52.9 Å². The minimum absolute atomic E-state index is 0.0205. The molecule has 2 N–H and O–H groups in total. The van der Waals surface area contributed by atoms with Gasteiger partial charge in [-0.25, -0.2) is 0 Å². The third-order valence-corrected chi connectivity index (χ3v) is 4.35. The summed E-state index contributed by atoms with van der Waals surface area (Å²) in [6, 6.07) is 8.87. The fraction of sp³-hybridized carbons (Fsp3) is 0.231. The summed E-state index contributed by atoms with van der Waals surface area (Å²) >= 11 is 0. The molecule has 0 saturated heterocycles. The fourth-order valence-electron chi connectivity index (χ4n) is 2.92. The fourth-order valence-corrected chi connectivity index (χ4v) is 2.92. The van der Waals surface area contributed by atoms with Crippen molar-refractivity contribution < 1.29 is 47.7 Å². The smallest absolute Gasteiger partial charge is 0.308 e. The summed E-state index contributed by atoms with van der Waals surface area (Å²) in [6.07, 6.45) is 2.06. The number of benzene rings is 2. The number of hydrogen-bond acceptors (Lipinski definition) is 10. The Morgan fingerprint density at radius 2 is 0.868 bits per heavy atom. The van der Waals surface area contributed by atoms with Crippen LogP contribution in [0.25, 0.3) is 0 Å². The van der Waals surface area contributed by atoms with Crippen LogP contribution in [0.15, 0.2) is 48.6 Å². The van der Waals surface area contributed by atoms with Gasteiger partial charge in [-0.1, -0.05) is 12.1 Å². The molecule has 0 atom stereocenters. The van der Waals surface area contributed by atoms with Crippen molar-refractivity contribution in [3.05, 3.63) is 59.7 Å². The molecule has 0 aromatic heterocycles. The molecule has 2 amide bonds. The Bertz CT molecular complexity index is 1190. The Kier molecular flexibility index (Phi) is 10.7. The quantitative estimate of drug-likeness (QED) is 0.265. The summed E-state index contributed by atoms with van der Waals surface area (Å²) < 4.78 is 20.1. The highest BCUT2D eigenvalue weighted by Crippen LogP contribution is 2.30. The highest BCUT2D eigenvalue weighted by atomic mass is 16.6. The van der Waals surface area contributed by atoms with Crippen LogP contribution in [0.4, 0.5) is 0 Å². The number of esters is 4. The number of hydrogen-bond donors (Lipinski definition) is 2. The van der Waals surface area contributed by atoms with E-state index in [-0.39, 0.29) is 36.1 Å². The van der Waals surface area contributed by atoms with Gasteiger partial charge >= 0.3 is 23.9 Å². The molecule has 0 radical (unpaired) electrons. The molecule has 2 rings (SSSR count). The van der Waals surface area contributed by atoms with E-state index in [1.807, 2.05) is 0 Å². The molecule has 0 aliphatic rings. The number of nitrogens with one attached hydrogen (secondary N) is 2. The molecule has 0 spiro atoms. The summed E-state index contributed by atoms with van der Waals surface area (Å²) in [5, 5.41) is 5.14. The Balaban J connectivity index is 1.93. The molecule has 12 heteroatoms. The van der Waals surface area contributed by atoms with Gasteiger partial charge in [0.1, 0.15) is 0 Å². The largest absolute Gasteiger partial charge is 0.423 e. The van der Waals surface area contributed by atoms with Crippen LogP contribution in [-0.4, -0.2) is 35.7 Å². The van der Waals surface area contributed by atoms with Gasteiger partial charge in [-0.2, -0.15) is 0 Å². The predicted molar refractivity (Wildman–Crippen MR) is 131 cm³/mol. The molecule has 2 aromatic rings. The van der Waals surface area contributed by atoms with E-state index in [1.54, 1.807) is 12.1 Å². The van der Waals surface area contributed by atoms with Crippen LogP contribution in [0.5, 0.6) is 23.0 Å². The monoisotopic (exact) mass is 526 g/mol. The van der Waals surface area contributed by atoms with Crippen molar-refractivity contribution in [1.82, 2.24) is 10.6 Å². The van der Waals surface area contributed by atoms with Crippen molar-refractivity contribution in [2.24, 2.45) is 0 Å². The topological polar surface area (TPSA) is 163 Å². The van der Waals surface area contributed by atoms with E-state index in [9.17, 15) is 28.8 Å². The minimum Gasteiger partial charge on any atom is -0.423 e. The first kappa shape index (κ1) is 29.2. The third-order valence-electron chi connectivity index (χ3n) is 4.35. The molecular formula is C26H26N2O10. The Morgan fingerprint density at radius 3 is 1.18 bits per heavy atom. The van der Waals surface area contributed by atoms with Crippen LogP contribution in [0, 0.1) is 0 Å². The van der Waals surface area contributed by atoms with E-state index >= 15 is 0 Å². The van der Waals surface area contributed by atoms with Crippen molar-refractivity contribution in [3.8, 4) is 23.0 Å². The van der Waals surface area contributed by atoms with Crippen LogP contribution < -0.4 is 29.6 Å². The zero-order valence-electron chi connectivity index (χ0n) is 21.1. The first-order valence-electron chi connectivity index (χ1n) is 11.2. The summed E-state index contributed by atoms with van der Waals surface area (Å²) in [5.74, 6) is -3.39. The zero-order valence-corrected chi connectivity index (χ0v) is 21.1. The van der Waals surface area contributed by atoms with Gasteiger partial charge in [0.25, 0.3) is 0 Å². The number of amides is 2. The molecule has 0 fully saturated rings. The zero-order chi connectivity index (χ0) is 28.2. The van der Waals surface area contributed by atoms with Crippen molar-refractivity contribution in [2.45, 2.75) is 40.8 Å². The van der Waals surface area contributed by atoms with Gasteiger partial charge in [-0.15, -0.1) is 0 Å². The Morgan fingerprint density at radius 1 is 0.553 bits per heavy atom. The van der Waals surface area contributed by atoms with Crippen molar-refractivity contribution in [2.75, 3.05) is 0 Å². The molecule has 0 aliphatic carbocycles. The highest BCUT2D eigenvalue weighted by Gasteiger charge is 2.13. The maximum atomic E-state index is 12.1. The van der Waals surface area contributed by atoms with E-state index in [4.69, 9.17) is 18.9 Å². The number of carbonyl (C=O) groups is 6. The van der Waals surface area contributed by atoms with Gasteiger partial charge in [0.2, 0.25) is 11.8 Å². The summed E-state index contributed by atoms with van der Waals surface area (Å²) in [7, 11) is 0. The standard InChI is InChI=1S/C26H26N2O10/c1-15(29)35-21-7-5-19(11-23(21)37-17(3)31)13-27-25(33)9-10-26(34)28-14-20-6-8-22(36-16(2)30)24(12-20)38-18(4)32/h5-12H,13-14H2,1-4H3,(H,27,33)(H,28,34)/b10-9-. The lowest BCUT2D eigenvalue weighted by molar-refractivity contribution is -0.134. The lowest BCUT2D eigenvalue weighted by Crippen LogP contribution is -2.23. The van der Waals surface area contributed by atoms with Crippen molar-refractivity contribution in [3.63, 3.8) is 0 Å². The van der Waals surface area contributed by atoms with Gasteiger partial charge in [-0.05, 0) is 35.4 Å². The van der Waals surface area contributed by atoms with E-state index in [1.165, 1.54) is 52.0 Å². The third kappa shape index (κ3) is 10.3. The van der Waals surface area contributed by atoms with Crippen LogP contribution in [0.3, 0.4) is 0 Å². The highest BCUT2D eigenvalue weighted by molar-refractivity contribution is 5.96. The molecule has 38 heavy (non-hydrogen) atoms. The van der Waals surface area contributed by atoms with E-state index < -0.39 is 35.7 Å². The molecular weight excluding hydrogens is 500 g/mol. The number of rotatable bonds is 10. The van der Waals surface area contributed by atoms with Crippen molar-refractivity contribution >= 4 is 35.7 Å². The van der Waals surface area contributed by atoms with Crippen LogP contribution in [0.1, 0.15) is 38.8 Å². The second-order valence-electron chi connectivity index (χ2n) is 7.71. The van der Waals surface area contributed by atoms with Gasteiger partial charge in [-0.3, -0.25) is 28.8 Å². The Labute approximate surface area is 217 Å². The molecule has 2 aromatic carbocycles. The summed E-state index contributed by atoms with van der Waals surface area (Å²) in [5.41, 5.74) is 1.09. The molecule has 0 bridgehead atoms. The van der Waals surface area contributed by atoms with Crippen LogP contribution in [0.2, 0.25) is 0 Å². The van der Waals surface area contributed by atoms with E-state index in [0.717, 1.165) is 12.2 Å². The van der Waals surface area contributed by atoms with Crippen LogP contribution in [-0.2, 0) is 41.9 Å². The SMILES string of the molecule is CC(=O)Oc1ccc(CNC(=O)/C=C\C(=O)NCc2ccc(OC(C)=O)c(OC(C)=O)c2)cc1OC(C)=O. The first-order valence-corrected chi connectivity index (χ1v) is 11.2. The normalized spacial score (nSPS) is 10.3. The molecule has 200 valence electrons. The summed E-state index contributed by atoms with van der Waals surface area (Å²) in [4.78, 5) is 69.3. The average molecular weight is 526 g/mol. The second-order valence-corrected chi connectivity index (χ2v) is 7.71. The van der Waals surface area contributed by atoms with E-state index in [2.05, 4.69) is 10.6 Å². The molecule has 0 saturated carbocycles. The first-order chi connectivity index (χ1) is 17.9. The Hall–Kier alpha value is -5.00. The maximum Gasteiger partial charge on any atom is 0.308 e. The summed E-state index contributed by atoms with van der Waals surface area (Å²) in [6.45, 7) is 4.86. The number of carbonyl (C=O) groups excluding carboxylic acids is 6. The molecule has 0 aliphatic heterocycles. The lowest BCUT2D eigenvalue weighted by atomic mass is 10.2. The second kappa shape index (κ2) is 13.9. The molecule has 0 heterocycles. The van der Waals surface area contributed by atoms with Gasteiger partial charge in [0.05, 0.1) is 0 Å². The molecule has 0 unspecified atom stereocenters. The average Bonchev–Trinajstić information content (AvgIpc) is 2.81.